The van der Waals surface area contributed by atoms with Crippen LogP contribution in [0.3, 0.4) is 0 Å². The molecular formula is C11H16ClI2NO. The van der Waals surface area contributed by atoms with E-state index in [-0.39, 0.29) is 18.4 Å². The molecule has 0 aliphatic carbocycles. The molecule has 2 nitrogen and oxygen atoms in total. The fourth-order valence-corrected chi connectivity index (χ4v) is 3.26. The van der Waals surface area contributed by atoms with Crippen molar-refractivity contribution < 1.29 is 5.11 Å². The molecule has 0 saturated carbocycles. The van der Waals surface area contributed by atoms with Crippen molar-refractivity contribution >= 4 is 57.6 Å². The Kier molecular flexibility index (Phi) is 7.56. The number of benzene rings is 1. The molecule has 0 bridgehead atoms. The number of aromatic hydroxyl groups is 1. The van der Waals surface area contributed by atoms with Crippen LogP contribution in [-0.2, 0) is 0 Å². The lowest BCUT2D eigenvalue weighted by Crippen LogP contribution is -2.13. The minimum atomic E-state index is 0. The predicted octanol–water partition coefficient (Wildman–Crippen LogP) is 4.07. The maximum absolute atomic E-state index is 9.64. The molecule has 3 N–H and O–H groups in total. The molecule has 0 aliphatic heterocycles. The second kappa shape index (κ2) is 7.23. The Hall–Kier alpha value is 0.730. The zero-order valence-corrected chi connectivity index (χ0v) is 14.3. The Bertz CT molecular complexity index is 335. The number of rotatable bonds is 3. The first kappa shape index (κ1) is 16.7. The Morgan fingerprint density at radius 2 is 1.69 bits per heavy atom. The van der Waals surface area contributed by atoms with E-state index in [0.717, 1.165) is 19.1 Å². The second-order valence-electron chi connectivity index (χ2n) is 4.07. The van der Waals surface area contributed by atoms with Gasteiger partial charge in [0, 0.05) is 6.04 Å². The molecule has 0 saturated heterocycles. The SMILES string of the molecule is CC(C)C[C@H](N)c1cc(I)c(O)c(I)c1.Cl. The van der Waals surface area contributed by atoms with Crippen molar-refractivity contribution in [2.75, 3.05) is 0 Å². The summed E-state index contributed by atoms with van der Waals surface area (Å²) in [5.41, 5.74) is 7.20. The minimum absolute atomic E-state index is 0. The normalized spacial score (nSPS) is 12.4. The molecule has 5 heteroatoms. The molecule has 0 aromatic heterocycles. The zero-order chi connectivity index (χ0) is 11.6. The van der Waals surface area contributed by atoms with Gasteiger partial charge in [-0.2, -0.15) is 0 Å². The van der Waals surface area contributed by atoms with E-state index in [0.29, 0.717) is 11.7 Å². The summed E-state index contributed by atoms with van der Waals surface area (Å²) in [5.74, 6) is 0.945. The van der Waals surface area contributed by atoms with Gasteiger partial charge in [0.25, 0.3) is 0 Å². The molecule has 0 aliphatic rings. The van der Waals surface area contributed by atoms with Gasteiger partial charge in [0.05, 0.1) is 7.14 Å². The van der Waals surface area contributed by atoms with E-state index in [1.54, 1.807) is 0 Å². The van der Waals surface area contributed by atoms with Gasteiger partial charge in [0.1, 0.15) is 5.75 Å². The average molecular weight is 468 g/mol. The van der Waals surface area contributed by atoms with Crippen LogP contribution in [0, 0.1) is 13.1 Å². The van der Waals surface area contributed by atoms with Gasteiger partial charge in [-0.25, -0.2) is 0 Å². The summed E-state index contributed by atoms with van der Waals surface area (Å²) in [7, 11) is 0. The first-order valence-corrected chi connectivity index (χ1v) is 7.01. The number of nitrogens with two attached hydrogens (primary N) is 1. The number of halogens is 3. The standard InChI is InChI=1S/C11H15I2NO.ClH/c1-6(2)3-10(14)7-4-8(12)11(15)9(13)5-7;/h4-6,10,15H,3,14H2,1-2H3;1H/t10-;/m0./s1. The van der Waals surface area contributed by atoms with E-state index in [1.807, 2.05) is 12.1 Å². The molecule has 0 fully saturated rings. The third-order valence-corrected chi connectivity index (χ3v) is 3.84. The molecule has 1 aromatic carbocycles. The summed E-state index contributed by atoms with van der Waals surface area (Å²) in [6.07, 6.45) is 0.969. The average Bonchev–Trinajstić information content (AvgIpc) is 2.12. The first-order chi connectivity index (χ1) is 6.91. The fraction of sp³-hybridized carbons (Fsp3) is 0.455. The summed E-state index contributed by atoms with van der Waals surface area (Å²) < 4.78 is 1.74. The van der Waals surface area contributed by atoms with Crippen LogP contribution >= 0.6 is 57.6 Å². The van der Waals surface area contributed by atoms with E-state index >= 15 is 0 Å². The van der Waals surface area contributed by atoms with E-state index in [2.05, 4.69) is 59.0 Å². The molecule has 0 unspecified atom stereocenters. The molecule has 16 heavy (non-hydrogen) atoms. The fourth-order valence-electron chi connectivity index (χ4n) is 1.44. The topological polar surface area (TPSA) is 46.2 Å². The largest absolute Gasteiger partial charge is 0.506 e. The molecule has 0 radical (unpaired) electrons. The Morgan fingerprint density at radius 1 is 1.25 bits per heavy atom. The molecule has 1 atom stereocenters. The van der Waals surface area contributed by atoms with Crippen LogP contribution in [0.1, 0.15) is 31.9 Å². The smallest absolute Gasteiger partial charge is 0.142 e. The van der Waals surface area contributed by atoms with E-state index in [9.17, 15) is 5.11 Å². The molecule has 0 heterocycles. The van der Waals surface area contributed by atoms with Crippen molar-refractivity contribution in [3.05, 3.63) is 24.8 Å². The third kappa shape index (κ3) is 4.54. The van der Waals surface area contributed by atoms with Crippen LogP contribution in [-0.4, -0.2) is 5.11 Å². The Morgan fingerprint density at radius 3 is 2.06 bits per heavy atom. The molecule has 0 spiro atoms. The summed E-state index contributed by atoms with van der Waals surface area (Å²) in [5, 5.41) is 9.64. The zero-order valence-electron chi connectivity index (χ0n) is 9.21. The molecular weight excluding hydrogens is 451 g/mol. The van der Waals surface area contributed by atoms with Crippen molar-refractivity contribution in [3.8, 4) is 5.75 Å². The second-order valence-corrected chi connectivity index (χ2v) is 6.39. The maximum atomic E-state index is 9.64. The quantitative estimate of drug-likeness (QED) is 0.659. The molecule has 92 valence electrons. The van der Waals surface area contributed by atoms with E-state index < -0.39 is 0 Å². The van der Waals surface area contributed by atoms with Gasteiger partial charge in [-0.15, -0.1) is 12.4 Å². The van der Waals surface area contributed by atoms with Crippen molar-refractivity contribution in [3.63, 3.8) is 0 Å². The minimum Gasteiger partial charge on any atom is -0.506 e. The van der Waals surface area contributed by atoms with Gasteiger partial charge >= 0.3 is 0 Å². The van der Waals surface area contributed by atoms with Gasteiger partial charge in [-0.1, -0.05) is 13.8 Å². The monoisotopic (exact) mass is 467 g/mol. The van der Waals surface area contributed by atoms with E-state index in [1.165, 1.54) is 0 Å². The van der Waals surface area contributed by atoms with Crippen LogP contribution in [0.4, 0.5) is 0 Å². The van der Waals surface area contributed by atoms with Crippen LogP contribution < -0.4 is 5.73 Å². The lowest BCUT2D eigenvalue weighted by atomic mass is 9.98. The predicted molar refractivity (Wildman–Crippen MR) is 87.2 cm³/mol. The molecule has 1 aromatic rings. The van der Waals surface area contributed by atoms with Crippen LogP contribution in [0.25, 0.3) is 0 Å². The molecule has 1 rings (SSSR count). The van der Waals surface area contributed by atoms with Crippen molar-refractivity contribution in [1.82, 2.24) is 0 Å². The number of hydrogen-bond donors (Lipinski definition) is 2. The lowest BCUT2D eigenvalue weighted by Gasteiger charge is -2.15. The number of phenols is 1. The van der Waals surface area contributed by atoms with Crippen LogP contribution in [0.15, 0.2) is 12.1 Å². The van der Waals surface area contributed by atoms with Gasteiger partial charge in [-0.3, -0.25) is 0 Å². The Balaban J connectivity index is 0.00000225. The lowest BCUT2D eigenvalue weighted by molar-refractivity contribution is 0.465. The highest BCUT2D eigenvalue weighted by Crippen LogP contribution is 2.30. The summed E-state index contributed by atoms with van der Waals surface area (Å²) in [6, 6.07) is 3.99. The highest BCUT2D eigenvalue weighted by atomic mass is 127. The van der Waals surface area contributed by atoms with Gasteiger partial charge in [0.15, 0.2) is 0 Å². The van der Waals surface area contributed by atoms with Crippen LogP contribution in [0.2, 0.25) is 0 Å². The summed E-state index contributed by atoms with van der Waals surface area (Å²) >= 11 is 4.26. The van der Waals surface area contributed by atoms with Crippen LogP contribution in [0.5, 0.6) is 5.75 Å². The number of hydrogen-bond acceptors (Lipinski definition) is 2. The number of phenolic OH excluding ortho intramolecular Hbond substituents is 1. The highest BCUT2D eigenvalue weighted by molar-refractivity contribution is 14.1. The Labute approximate surface area is 130 Å². The van der Waals surface area contributed by atoms with Gasteiger partial charge in [-0.05, 0) is 75.2 Å². The maximum Gasteiger partial charge on any atom is 0.142 e. The first-order valence-electron chi connectivity index (χ1n) is 4.85. The van der Waals surface area contributed by atoms with Gasteiger partial charge < -0.3 is 10.8 Å². The summed E-state index contributed by atoms with van der Waals surface area (Å²) in [6.45, 7) is 4.33. The van der Waals surface area contributed by atoms with E-state index in [4.69, 9.17) is 5.73 Å². The summed E-state index contributed by atoms with van der Waals surface area (Å²) in [4.78, 5) is 0. The van der Waals surface area contributed by atoms with Crippen molar-refractivity contribution in [2.45, 2.75) is 26.3 Å². The third-order valence-electron chi connectivity index (χ3n) is 2.19. The highest BCUT2D eigenvalue weighted by Gasteiger charge is 2.12. The van der Waals surface area contributed by atoms with Crippen molar-refractivity contribution in [2.24, 2.45) is 11.7 Å². The van der Waals surface area contributed by atoms with Crippen molar-refractivity contribution in [1.29, 1.82) is 0 Å². The van der Waals surface area contributed by atoms with Gasteiger partial charge in [0.2, 0.25) is 0 Å². The molecule has 0 amide bonds.